The van der Waals surface area contributed by atoms with Gasteiger partial charge in [0.25, 0.3) is 0 Å². The Morgan fingerprint density at radius 3 is 2.00 bits per heavy atom. The van der Waals surface area contributed by atoms with Crippen LogP contribution in [0, 0.1) is 0 Å². The first-order chi connectivity index (χ1) is 7.16. The zero-order chi connectivity index (χ0) is 12.2. The van der Waals surface area contributed by atoms with Crippen LogP contribution in [0.4, 0.5) is 4.39 Å². The van der Waals surface area contributed by atoms with Crippen LogP contribution in [0.2, 0.25) is 18.1 Å². The zero-order valence-corrected chi connectivity index (χ0v) is 12.3. The predicted octanol–water partition coefficient (Wildman–Crippen LogP) is 4.43. The maximum atomic E-state index is 15.2. The van der Waals surface area contributed by atoms with Crippen molar-refractivity contribution in [1.29, 1.82) is 0 Å². The van der Waals surface area contributed by atoms with Gasteiger partial charge in [-0.25, -0.2) is 4.39 Å². The molecule has 1 saturated heterocycles. The number of hydrogen-bond donors (Lipinski definition) is 0. The zero-order valence-electron chi connectivity index (χ0n) is 11.3. The molecule has 0 aromatic carbocycles. The van der Waals surface area contributed by atoms with E-state index in [1.165, 1.54) is 6.42 Å². The quantitative estimate of drug-likeness (QED) is 0.491. The summed E-state index contributed by atoms with van der Waals surface area (Å²) in [4.78, 5) is 0. The number of rotatable bonds is 1. The van der Waals surface area contributed by atoms with E-state index < -0.39 is 13.6 Å². The first-order valence-electron chi connectivity index (χ1n) is 6.55. The highest BCUT2D eigenvalue weighted by molar-refractivity contribution is 6.83. The van der Waals surface area contributed by atoms with E-state index in [4.69, 9.17) is 4.74 Å². The Balaban J connectivity index is 2.23. The Kier molecular flexibility index (Phi) is 2.60. The third kappa shape index (κ3) is 1.43. The van der Waals surface area contributed by atoms with E-state index in [0.717, 1.165) is 25.7 Å². The molecule has 94 valence electrons. The fourth-order valence-electron chi connectivity index (χ4n) is 2.97. The lowest BCUT2D eigenvalue weighted by Gasteiger charge is -2.39. The van der Waals surface area contributed by atoms with E-state index in [2.05, 4.69) is 33.9 Å². The van der Waals surface area contributed by atoms with Crippen molar-refractivity contribution in [2.24, 2.45) is 0 Å². The lowest BCUT2D eigenvalue weighted by molar-refractivity contribution is 0.192. The van der Waals surface area contributed by atoms with Crippen LogP contribution in [0.1, 0.15) is 52.9 Å². The SMILES string of the molecule is CC(C)(C)[Si](C)(C)C1(F)OC12CCCCC2. The lowest BCUT2D eigenvalue weighted by atomic mass is 9.89. The van der Waals surface area contributed by atoms with Gasteiger partial charge in [0, 0.05) is 0 Å². The molecule has 1 aliphatic heterocycles. The smallest absolute Gasteiger partial charge is 0.220 e. The normalized spacial score (nSPS) is 34.1. The van der Waals surface area contributed by atoms with Gasteiger partial charge in [0.05, 0.1) is 0 Å². The highest BCUT2D eigenvalue weighted by Crippen LogP contribution is 2.65. The van der Waals surface area contributed by atoms with Crippen molar-refractivity contribution in [1.82, 2.24) is 0 Å². The fourth-order valence-corrected chi connectivity index (χ4v) is 5.77. The molecule has 1 saturated carbocycles. The molecule has 3 heteroatoms. The maximum absolute atomic E-state index is 15.2. The van der Waals surface area contributed by atoms with Crippen LogP contribution in [-0.2, 0) is 4.74 Å². The van der Waals surface area contributed by atoms with E-state index in [-0.39, 0.29) is 10.6 Å². The van der Waals surface area contributed by atoms with Gasteiger partial charge in [-0.2, -0.15) is 0 Å². The van der Waals surface area contributed by atoms with Gasteiger partial charge in [-0.1, -0.05) is 53.1 Å². The molecule has 0 aromatic heterocycles. The Hall–Kier alpha value is 0.107. The molecule has 1 nitrogen and oxygen atoms in total. The monoisotopic (exact) mass is 244 g/mol. The largest absolute Gasteiger partial charge is 0.334 e. The number of halogens is 1. The van der Waals surface area contributed by atoms with E-state index >= 15 is 4.39 Å². The van der Waals surface area contributed by atoms with E-state index in [0.29, 0.717) is 0 Å². The Morgan fingerprint density at radius 1 is 1.06 bits per heavy atom. The van der Waals surface area contributed by atoms with Crippen molar-refractivity contribution in [3.8, 4) is 0 Å². The molecule has 0 amide bonds. The van der Waals surface area contributed by atoms with Crippen molar-refractivity contribution >= 4 is 8.07 Å². The van der Waals surface area contributed by atoms with Gasteiger partial charge in [0.1, 0.15) is 13.7 Å². The van der Waals surface area contributed by atoms with Gasteiger partial charge >= 0.3 is 0 Å². The molecule has 2 rings (SSSR count). The van der Waals surface area contributed by atoms with Gasteiger partial charge in [-0.3, -0.25) is 0 Å². The molecule has 0 aromatic rings. The van der Waals surface area contributed by atoms with Gasteiger partial charge in [0.2, 0.25) is 5.48 Å². The maximum Gasteiger partial charge on any atom is 0.220 e. The van der Waals surface area contributed by atoms with Crippen LogP contribution >= 0.6 is 0 Å². The molecule has 1 spiro atoms. The minimum absolute atomic E-state index is 0.0582. The molecule has 1 heterocycles. The molecule has 1 aliphatic carbocycles. The average molecular weight is 244 g/mol. The predicted molar refractivity (Wildman–Crippen MR) is 67.9 cm³/mol. The molecule has 16 heavy (non-hydrogen) atoms. The van der Waals surface area contributed by atoms with Crippen LogP contribution in [0.5, 0.6) is 0 Å². The molecule has 2 fully saturated rings. The highest BCUT2D eigenvalue weighted by atomic mass is 28.3. The Bertz CT molecular complexity index is 289. The van der Waals surface area contributed by atoms with Crippen LogP contribution in [-0.4, -0.2) is 19.2 Å². The van der Waals surface area contributed by atoms with Crippen molar-refractivity contribution in [2.75, 3.05) is 0 Å². The lowest BCUT2D eigenvalue weighted by Crippen LogP contribution is -2.53. The number of epoxide rings is 1. The minimum atomic E-state index is -2.04. The summed E-state index contributed by atoms with van der Waals surface area (Å²) in [6.07, 6.45) is 5.41. The third-order valence-corrected chi connectivity index (χ3v) is 11.1. The fraction of sp³-hybridized carbons (Fsp3) is 1.00. The molecular formula is C13H25FOSi. The summed E-state index contributed by atoms with van der Waals surface area (Å²) in [6.45, 7) is 10.8. The third-order valence-electron chi connectivity index (χ3n) is 5.22. The summed E-state index contributed by atoms with van der Waals surface area (Å²) < 4.78 is 20.9. The standard InChI is InChI=1S/C13H25FOSi/c1-11(2,3)16(4,5)13(14)12(15-13)9-7-6-8-10-12/h6-10H2,1-5H3. The van der Waals surface area contributed by atoms with Crippen LogP contribution in [0.25, 0.3) is 0 Å². The van der Waals surface area contributed by atoms with E-state index in [9.17, 15) is 0 Å². The van der Waals surface area contributed by atoms with Crippen molar-refractivity contribution in [3.05, 3.63) is 0 Å². The molecule has 1 atom stereocenters. The second kappa shape index (κ2) is 3.32. The number of ether oxygens (including phenoxy) is 1. The van der Waals surface area contributed by atoms with E-state index in [1.807, 2.05) is 0 Å². The molecule has 1 unspecified atom stereocenters. The van der Waals surface area contributed by atoms with Gasteiger partial charge < -0.3 is 4.74 Å². The van der Waals surface area contributed by atoms with Crippen molar-refractivity contribution in [2.45, 2.75) is 82.1 Å². The second-order valence-electron chi connectivity index (χ2n) is 7.13. The van der Waals surface area contributed by atoms with Crippen LogP contribution in [0.3, 0.4) is 0 Å². The summed E-state index contributed by atoms with van der Waals surface area (Å²) in [5.41, 5.74) is -1.65. The summed E-state index contributed by atoms with van der Waals surface area (Å²) in [6, 6.07) is 0. The van der Waals surface area contributed by atoms with E-state index in [1.54, 1.807) is 0 Å². The second-order valence-corrected chi connectivity index (χ2v) is 12.5. The highest BCUT2D eigenvalue weighted by Gasteiger charge is 2.79. The first kappa shape index (κ1) is 12.6. The van der Waals surface area contributed by atoms with Crippen LogP contribution < -0.4 is 0 Å². The van der Waals surface area contributed by atoms with Gasteiger partial charge in [-0.05, 0) is 17.9 Å². The van der Waals surface area contributed by atoms with Crippen molar-refractivity contribution < 1.29 is 9.13 Å². The van der Waals surface area contributed by atoms with Gasteiger partial charge in [0.15, 0.2) is 0 Å². The summed E-state index contributed by atoms with van der Waals surface area (Å²) in [7, 11) is -2.04. The number of alkyl halides is 1. The molecular weight excluding hydrogens is 219 g/mol. The molecule has 2 aliphatic rings. The molecule has 0 bridgehead atoms. The van der Waals surface area contributed by atoms with Crippen LogP contribution in [0.15, 0.2) is 0 Å². The van der Waals surface area contributed by atoms with Gasteiger partial charge in [-0.15, -0.1) is 0 Å². The topological polar surface area (TPSA) is 12.5 Å². The minimum Gasteiger partial charge on any atom is -0.334 e. The Morgan fingerprint density at radius 2 is 1.56 bits per heavy atom. The average Bonchev–Trinajstić information content (AvgIpc) is 2.72. The molecule has 0 N–H and O–H groups in total. The summed E-state index contributed by atoms with van der Waals surface area (Å²) in [5, 5.41) is 0.0582. The molecule has 0 radical (unpaired) electrons. The first-order valence-corrected chi connectivity index (χ1v) is 9.55. The Labute approximate surface area is 99.8 Å². The number of hydrogen-bond acceptors (Lipinski definition) is 1. The summed E-state index contributed by atoms with van der Waals surface area (Å²) in [5.74, 6) is 0. The summed E-state index contributed by atoms with van der Waals surface area (Å²) >= 11 is 0. The van der Waals surface area contributed by atoms with Crippen molar-refractivity contribution in [3.63, 3.8) is 0 Å².